The first kappa shape index (κ1) is 21.2. The lowest BCUT2D eigenvalue weighted by molar-refractivity contribution is 0.0773. The molecule has 0 aromatic heterocycles. The topological polar surface area (TPSA) is 73.9 Å². The van der Waals surface area contributed by atoms with Crippen LogP contribution in [-0.4, -0.2) is 74.7 Å². The summed E-state index contributed by atoms with van der Waals surface area (Å²) in [5, 5.41) is 5.79. The van der Waals surface area contributed by atoms with Crippen LogP contribution in [0.1, 0.15) is 29.8 Å². The van der Waals surface area contributed by atoms with Gasteiger partial charge in [-0.25, -0.2) is 4.79 Å². The third kappa shape index (κ3) is 6.22. The Bertz CT molecular complexity index is 646. The van der Waals surface area contributed by atoms with Gasteiger partial charge in [-0.1, -0.05) is 0 Å². The number of urea groups is 1. The van der Waals surface area contributed by atoms with E-state index in [1.807, 2.05) is 26.8 Å². The molecule has 0 aliphatic carbocycles. The molecule has 27 heavy (non-hydrogen) atoms. The molecule has 3 amide bonds. The standard InChI is InChI=1S/C20H32N4O3/c1-5-24(6-2)19(25)17-7-8-18(15(3)11-17)22-20(26)21-12-16-13-23(4)9-10-27-14-16/h7-8,11,16H,5-6,9-10,12-14H2,1-4H3,(H2,21,22,26). The number of likely N-dealkylation sites (N-methyl/N-ethyl adjacent to an activating group) is 1. The minimum atomic E-state index is -0.243. The Balaban J connectivity index is 1.90. The summed E-state index contributed by atoms with van der Waals surface area (Å²) >= 11 is 0. The van der Waals surface area contributed by atoms with Crippen molar-refractivity contribution in [3.63, 3.8) is 0 Å². The zero-order valence-corrected chi connectivity index (χ0v) is 16.9. The van der Waals surface area contributed by atoms with E-state index in [0.717, 1.165) is 25.3 Å². The molecular formula is C20H32N4O3. The fraction of sp³-hybridized carbons (Fsp3) is 0.600. The van der Waals surface area contributed by atoms with Crippen molar-refractivity contribution in [2.24, 2.45) is 5.92 Å². The van der Waals surface area contributed by atoms with E-state index in [2.05, 4.69) is 22.6 Å². The molecule has 1 heterocycles. The molecule has 1 aliphatic heterocycles. The average Bonchev–Trinajstić information content (AvgIpc) is 2.86. The Morgan fingerprint density at radius 3 is 2.70 bits per heavy atom. The van der Waals surface area contributed by atoms with E-state index in [0.29, 0.717) is 37.5 Å². The second-order valence-corrected chi connectivity index (χ2v) is 7.05. The fourth-order valence-corrected chi connectivity index (χ4v) is 3.21. The van der Waals surface area contributed by atoms with Crippen molar-refractivity contribution in [1.29, 1.82) is 0 Å². The summed E-state index contributed by atoms with van der Waals surface area (Å²) in [6, 6.07) is 5.13. The smallest absolute Gasteiger partial charge is 0.319 e. The number of aryl methyl sites for hydroxylation is 1. The summed E-state index contributed by atoms with van der Waals surface area (Å²) in [4.78, 5) is 28.7. The molecule has 1 fully saturated rings. The molecule has 7 nitrogen and oxygen atoms in total. The quantitative estimate of drug-likeness (QED) is 0.798. The van der Waals surface area contributed by atoms with Crippen LogP contribution in [0.2, 0.25) is 0 Å². The maximum absolute atomic E-state index is 12.4. The Hall–Kier alpha value is -2.12. The van der Waals surface area contributed by atoms with Crippen LogP contribution in [0.3, 0.4) is 0 Å². The van der Waals surface area contributed by atoms with E-state index >= 15 is 0 Å². The second kappa shape index (κ2) is 10.3. The largest absolute Gasteiger partial charge is 0.380 e. The second-order valence-electron chi connectivity index (χ2n) is 7.05. The predicted octanol–water partition coefficient (Wildman–Crippen LogP) is 2.18. The van der Waals surface area contributed by atoms with E-state index in [1.165, 1.54) is 0 Å². The van der Waals surface area contributed by atoms with Crippen LogP contribution in [0.15, 0.2) is 18.2 Å². The van der Waals surface area contributed by atoms with Crippen molar-refractivity contribution in [3.05, 3.63) is 29.3 Å². The summed E-state index contributed by atoms with van der Waals surface area (Å²) in [5.41, 5.74) is 2.21. The van der Waals surface area contributed by atoms with Crippen LogP contribution in [0.25, 0.3) is 0 Å². The Kier molecular flexibility index (Phi) is 8.06. The number of rotatable bonds is 6. The molecule has 1 aromatic rings. The van der Waals surface area contributed by atoms with Crippen molar-refractivity contribution in [3.8, 4) is 0 Å². The number of hydrogen-bond donors (Lipinski definition) is 2. The summed E-state index contributed by atoms with van der Waals surface area (Å²) in [7, 11) is 2.06. The van der Waals surface area contributed by atoms with Crippen molar-refractivity contribution < 1.29 is 14.3 Å². The van der Waals surface area contributed by atoms with Crippen molar-refractivity contribution in [2.75, 3.05) is 58.3 Å². The normalized spacial score (nSPS) is 17.9. The number of nitrogens with one attached hydrogen (secondary N) is 2. The third-order valence-electron chi connectivity index (χ3n) is 4.86. The number of anilines is 1. The zero-order chi connectivity index (χ0) is 19.8. The highest BCUT2D eigenvalue weighted by atomic mass is 16.5. The number of carbonyl (C=O) groups excluding carboxylic acids is 2. The van der Waals surface area contributed by atoms with Gasteiger partial charge in [0, 0.05) is 49.9 Å². The fourth-order valence-electron chi connectivity index (χ4n) is 3.21. The van der Waals surface area contributed by atoms with E-state index < -0.39 is 0 Å². The highest BCUT2D eigenvalue weighted by Gasteiger charge is 2.17. The van der Waals surface area contributed by atoms with Gasteiger partial charge in [0.25, 0.3) is 5.91 Å². The molecule has 0 spiro atoms. The van der Waals surface area contributed by atoms with Gasteiger partial charge < -0.3 is 25.2 Å². The van der Waals surface area contributed by atoms with Gasteiger partial charge in [-0.3, -0.25) is 4.79 Å². The first-order chi connectivity index (χ1) is 12.9. The molecule has 1 aromatic carbocycles. The summed E-state index contributed by atoms with van der Waals surface area (Å²) < 4.78 is 5.57. The first-order valence-corrected chi connectivity index (χ1v) is 9.65. The minimum absolute atomic E-state index is 0.0107. The molecule has 0 saturated carbocycles. The molecule has 2 N–H and O–H groups in total. The van der Waals surface area contributed by atoms with Crippen molar-refractivity contribution in [2.45, 2.75) is 20.8 Å². The predicted molar refractivity (Wildman–Crippen MR) is 107 cm³/mol. The summed E-state index contributed by atoms with van der Waals surface area (Å²) in [6.45, 7) is 11.0. The molecule has 0 radical (unpaired) electrons. The minimum Gasteiger partial charge on any atom is -0.380 e. The molecule has 1 unspecified atom stereocenters. The van der Waals surface area contributed by atoms with Gasteiger partial charge in [0.1, 0.15) is 0 Å². The summed E-state index contributed by atoms with van der Waals surface area (Å²) in [5.74, 6) is 0.287. The van der Waals surface area contributed by atoms with E-state index in [-0.39, 0.29) is 17.9 Å². The lowest BCUT2D eigenvalue weighted by Crippen LogP contribution is -2.38. The van der Waals surface area contributed by atoms with Gasteiger partial charge in [0.15, 0.2) is 0 Å². The highest BCUT2D eigenvalue weighted by Crippen LogP contribution is 2.18. The number of nitrogens with zero attached hydrogens (tertiary/aromatic N) is 2. The number of amides is 3. The molecular weight excluding hydrogens is 344 g/mol. The van der Waals surface area contributed by atoms with Crippen LogP contribution in [-0.2, 0) is 4.74 Å². The maximum Gasteiger partial charge on any atom is 0.319 e. The van der Waals surface area contributed by atoms with Gasteiger partial charge >= 0.3 is 6.03 Å². The van der Waals surface area contributed by atoms with Crippen LogP contribution < -0.4 is 10.6 Å². The lowest BCUT2D eigenvalue weighted by atomic mass is 10.1. The highest BCUT2D eigenvalue weighted by molar-refractivity contribution is 5.96. The van der Waals surface area contributed by atoms with Gasteiger partial charge in [0.2, 0.25) is 0 Å². The molecule has 2 rings (SSSR count). The number of hydrogen-bond acceptors (Lipinski definition) is 4. The van der Waals surface area contributed by atoms with E-state index in [4.69, 9.17) is 4.74 Å². The van der Waals surface area contributed by atoms with Crippen LogP contribution >= 0.6 is 0 Å². The lowest BCUT2D eigenvalue weighted by Gasteiger charge is -2.20. The molecule has 0 bridgehead atoms. The SMILES string of the molecule is CCN(CC)C(=O)c1ccc(NC(=O)NCC2COCCN(C)C2)c(C)c1. The van der Waals surface area contributed by atoms with Crippen LogP contribution in [0, 0.1) is 12.8 Å². The maximum atomic E-state index is 12.4. The molecule has 7 heteroatoms. The Morgan fingerprint density at radius 1 is 1.30 bits per heavy atom. The van der Waals surface area contributed by atoms with E-state index in [9.17, 15) is 9.59 Å². The number of carbonyl (C=O) groups is 2. The molecule has 1 saturated heterocycles. The number of ether oxygens (including phenoxy) is 1. The number of benzene rings is 1. The monoisotopic (exact) mass is 376 g/mol. The Labute approximate surface area is 162 Å². The molecule has 1 atom stereocenters. The Morgan fingerprint density at radius 2 is 2.04 bits per heavy atom. The zero-order valence-electron chi connectivity index (χ0n) is 16.9. The van der Waals surface area contributed by atoms with Gasteiger partial charge in [0.05, 0.1) is 13.2 Å². The molecule has 150 valence electrons. The van der Waals surface area contributed by atoms with Crippen molar-refractivity contribution >= 4 is 17.6 Å². The van der Waals surface area contributed by atoms with E-state index in [1.54, 1.807) is 17.0 Å². The van der Waals surface area contributed by atoms with Gasteiger partial charge in [-0.15, -0.1) is 0 Å². The van der Waals surface area contributed by atoms with Crippen molar-refractivity contribution in [1.82, 2.24) is 15.1 Å². The average molecular weight is 377 g/mol. The first-order valence-electron chi connectivity index (χ1n) is 9.65. The van der Waals surface area contributed by atoms with Gasteiger partial charge in [-0.05, 0) is 51.6 Å². The summed E-state index contributed by atoms with van der Waals surface area (Å²) in [6.07, 6.45) is 0. The van der Waals surface area contributed by atoms with Gasteiger partial charge in [-0.2, -0.15) is 0 Å². The van der Waals surface area contributed by atoms with Crippen LogP contribution in [0.4, 0.5) is 10.5 Å². The molecule has 1 aliphatic rings. The van der Waals surface area contributed by atoms with Crippen LogP contribution in [0.5, 0.6) is 0 Å². The third-order valence-corrected chi connectivity index (χ3v) is 4.86.